The van der Waals surface area contributed by atoms with Gasteiger partial charge in [0.2, 0.25) is 6.23 Å². The number of ether oxygens (including phenoxy) is 1. The van der Waals surface area contributed by atoms with E-state index >= 15 is 0 Å². The maximum absolute atomic E-state index is 11.8. The third kappa shape index (κ3) is 6.58. The van der Waals surface area contributed by atoms with Crippen LogP contribution in [0.3, 0.4) is 0 Å². The normalized spacial score (nSPS) is 24.1. The highest BCUT2D eigenvalue weighted by atomic mass is 31.3. The van der Waals surface area contributed by atoms with Crippen molar-refractivity contribution in [2.24, 2.45) is 0 Å². The topological polar surface area (TPSA) is 250 Å². The van der Waals surface area contributed by atoms with Crippen molar-refractivity contribution in [3.8, 4) is 0 Å². The minimum Gasteiger partial charge on any atom is -0.469 e. The highest BCUT2D eigenvalue weighted by Gasteiger charge is 2.41. The van der Waals surface area contributed by atoms with Crippen LogP contribution in [0, 0.1) is 0 Å². The Balaban J connectivity index is 2.00. The Labute approximate surface area is 155 Å². The molecule has 19 heteroatoms. The van der Waals surface area contributed by atoms with Crippen molar-refractivity contribution in [1.29, 1.82) is 0 Å². The first-order valence-corrected chi connectivity index (χ1v) is 11.4. The molecule has 158 valence electrons. The molecular formula is C9H14N3O13P3. The number of aliphatic hydroxyl groups excluding tert-OH is 1. The summed E-state index contributed by atoms with van der Waals surface area (Å²) in [5.74, 6) is -0.350. The van der Waals surface area contributed by atoms with Gasteiger partial charge in [-0.1, -0.05) is 0 Å². The summed E-state index contributed by atoms with van der Waals surface area (Å²) in [7, 11) is -16.5. The second-order valence-corrected chi connectivity index (χ2v) is 9.46. The molecule has 0 bridgehead atoms. The average molecular weight is 465 g/mol. The Morgan fingerprint density at radius 1 is 1.18 bits per heavy atom. The van der Waals surface area contributed by atoms with Gasteiger partial charge >= 0.3 is 29.2 Å². The molecule has 0 aliphatic carbocycles. The molecule has 1 aliphatic rings. The van der Waals surface area contributed by atoms with Gasteiger partial charge in [-0.05, 0) is 12.1 Å². The van der Waals surface area contributed by atoms with Crippen LogP contribution in [0.15, 0.2) is 28.9 Å². The van der Waals surface area contributed by atoms with Gasteiger partial charge < -0.3 is 35.2 Å². The molecule has 1 aliphatic heterocycles. The lowest BCUT2D eigenvalue weighted by Gasteiger charge is -2.19. The molecule has 0 radical (unpaired) electrons. The molecule has 0 aromatic carbocycles. The summed E-state index contributed by atoms with van der Waals surface area (Å²) in [5, 5.41) is 9.92. The van der Waals surface area contributed by atoms with Gasteiger partial charge in [0.25, 0.3) is 0 Å². The lowest BCUT2D eigenvalue weighted by Crippen LogP contribution is -2.32. The molecule has 3 unspecified atom stereocenters. The van der Waals surface area contributed by atoms with E-state index in [0.29, 0.717) is 0 Å². The standard InChI is InChI=1S/C9H14N3O13P3/c10-7-1-2-12(9(14)11-7)8-6(13)3-5(23-8)4-22-27(18,19)25-28(20,21)24-26(15,16)17/h1-3,6,8,13H,4H2,(H,18,19)(H,20,21)(H2,10,11,14)(H2,15,16,17)/t6-,8?/m0/s1. The molecule has 0 amide bonds. The SMILES string of the molecule is Nc1ccn(C2OC(COP(=O)(O)OP(=O)(O)OP(=O)(O)O)=C[C@@H]2O)c(=O)n1. The first-order valence-electron chi connectivity index (χ1n) is 6.86. The zero-order valence-electron chi connectivity index (χ0n) is 13.4. The van der Waals surface area contributed by atoms with Crippen molar-refractivity contribution in [3.05, 3.63) is 34.6 Å². The van der Waals surface area contributed by atoms with Crippen LogP contribution in [0.1, 0.15) is 6.23 Å². The number of rotatable bonds is 8. The quantitative estimate of drug-likeness (QED) is 0.250. The van der Waals surface area contributed by atoms with Crippen LogP contribution < -0.4 is 11.4 Å². The van der Waals surface area contributed by atoms with Gasteiger partial charge in [-0.25, -0.2) is 18.5 Å². The number of hydrogen-bond acceptors (Lipinski definition) is 11. The third-order valence-corrected chi connectivity index (χ3v) is 6.62. The van der Waals surface area contributed by atoms with E-state index in [9.17, 15) is 28.5 Å². The van der Waals surface area contributed by atoms with Crippen LogP contribution >= 0.6 is 23.5 Å². The van der Waals surface area contributed by atoms with E-state index in [2.05, 4.69) is 18.1 Å². The second kappa shape index (κ2) is 8.14. The van der Waals surface area contributed by atoms with Gasteiger partial charge in [-0.15, -0.1) is 0 Å². The van der Waals surface area contributed by atoms with Gasteiger partial charge in [-0.2, -0.15) is 13.6 Å². The fourth-order valence-electron chi connectivity index (χ4n) is 1.91. The third-order valence-electron chi connectivity index (χ3n) is 2.83. The van der Waals surface area contributed by atoms with Crippen LogP contribution in [-0.4, -0.2) is 46.9 Å². The molecule has 0 fully saturated rings. The van der Waals surface area contributed by atoms with Crippen LogP contribution in [-0.2, 0) is 31.6 Å². The molecule has 28 heavy (non-hydrogen) atoms. The predicted octanol–water partition coefficient (Wildman–Crippen LogP) is -1.06. The number of nitrogens with two attached hydrogens (primary N) is 1. The number of nitrogen functional groups attached to an aromatic ring is 1. The molecule has 1 aromatic heterocycles. The second-order valence-electron chi connectivity index (χ2n) is 5.04. The number of aromatic nitrogens is 2. The Morgan fingerprint density at radius 2 is 1.82 bits per heavy atom. The summed E-state index contributed by atoms with van der Waals surface area (Å²) in [6, 6.07) is 1.25. The number of phosphoric ester groups is 1. The van der Waals surface area contributed by atoms with E-state index < -0.39 is 48.1 Å². The van der Waals surface area contributed by atoms with Crippen molar-refractivity contribution in [3.63, 3.8) is 0 Å². The fourth-order valence-corrected chi connectivity index (χ4v) is 4.89. The monoisotopic (exact) mass is 465 g/mol. The van der Waals surface area contributed by atoms with Gasteiger partial charge in [-0.3, -0.25) is 9.09 Å². The Kier molecular flexibility index (Phi) is 6.65. The Morgan fingerprint density at radius 3 is 2.39 bits per heavy atom. The molecule has 16 nitrogen and oxygen atoms in total. The van der Waals surface area contributed by atoms with Crippen LogP contribution in [0.4, 0.5) is 5.82 Å². The van der Waals surface area contributed by atoms with Gasteiger partial charge in [0.15, 0.2) is 0 Å². The summed E-state index contributed by atoms with van der Waals surface area (Å²) in [4.78, 5) is 50.4. The lowest BCUT2D eigenvalue weighted by molar-refractivity contribution is -0.0103. The molecular weight excluding hydrogens is 451 g/mol. The number of phosphoric acid groups is 3. The van der Waals surface area contributed by atoms with Crippen molar-refractivity contribution < 1.29 is 56.3 Å². The average Bonchev–Trinajstić information content (AvgIpc) is 2.82. The molecule has 2 heterocycles. The molecule has 4 atom stereocenters. The summed E-state index contributed by atoms with van der Waals surface area (Å²) in [6.07, 6.45) is -0.529. The molecule has 0 saturated carbocycles. The van der Waals surface area contributed by atoms with E-state index in [1.165, 1.54) is 12.3 Å². The summed E-state index contributed by atoms with van der Waals surface area (Å²) >= 11 is 0. The Hall–Kier alpha value is -1.41. The van der Waals surface area contributed by atoms with Gasteiger partial charge in [0, 0.05) is 6.20 Å². The van der Waals surface area contributed by atoms with Crippen LogP contribution in [0.25, 0.3) is 0 Å². The number of anilines is 1. The van der Waals surface area contributed by atoms with Crippen LogP contribution in [0.5, 0.6) is 0 Å². The van der Waals surface area contributed by atoms with E-state index in [1.54, 1.807) is 0 Å². The van der Waals surface area contributed by atoms with Crippen molar-refractivity contribution >= 4 is 29.3 Å². The number of aliphatic hydroxyl groups is 1. The zero-order chi connectivity index (χ0) is 21.3. The Bertz CT molecular complexity index is 969. The molecule has 7 N–H and O–H groups in total. The first-order chi connectivity index (χ1) is 12.7. The molecule has 2 rings (SSSR count). The highest BCUT2D eigenvalue weighted by molar-refractivity contribution is 7.66. The van der Waals surface area contributed by atoms with Gasteiger partial charge in [0.1, 0.15) is 24.3 Å². The van der Waals surface area contributed by atoms with E-state index in [1.807, 2.05) is 0 Å². The predicted molar refractivity (Wildman–Crippen MR) is 86.9 cm³/mol. The highest BCUT2D eigenvalue weighted by Crippen LogP contribution is 2.66. The summed E-state index contributed by atoms with van der Waals surface area (Å²) in [5.41, 5.74) is 4.48. The lowest BCUT2D eigenvalue weighted by atomic mass is 10.3. The number of hydrogen-bond donors (Lipinski definition) is 6. The van der Waals surface area contributed by atoms with Crippen molar-refractivity contribution in [2.45, 2.75) is 12.3 Å². The first kappa shape index (κ1) is 22.9. The van der Waals surface area contributed by atoms with Gasteiger partial charge in [0.05, 0.1) is 0 Å². The number of nitrogens with zero attached hydrogens (tertiary/aromatic N) is 2. The van der Waals surface area contributed by atoms with E-state index in [4.69, 9.17) is 25.2 Å². The molecule has 0 spiro atoms. The molecule has 0 saturated heterocycles. The van der Waals surface area contributed by atoms with E-state index in [-0.39, 0.29) is 11.6 Å². The maximum atomic E-state index is 11.8. The minimum absolute atomic E-state index is 0.0745. The minimum atomic E-state index is -5.66. The zero-order valence-corrected chi connectivity index (χ0v) is 16.1. The van der Waals surface area contributed by atoms with Crippen molar-refractivity contribution in [1.82, 2.24) is 9.55 Å². The fraction of sp³-hybridized carbons (Fsp3) is 0.333. The van der Waals surface area contributed by atoms with E-state index in [0.717, 1.165) is 10.6 Å². The molecule has 1 aromatic rings. The maximum Gasteiger partial charge on any atom is 0.490 e. The largest absolute Gasteiger partial charge is 0.490 e. The van der Waals surface area contributed by atoms with Crippen molar-refractivity contribution in [2.75, 3.05) is 12.3 Å². The summed E-state index contributed by atoms with van der Waals surface area (Å²) in [6.45, 7) is -0.894. The van der Waals surface area contributed by atoms with Crippen LogP contribution in [0.2, 0.25) is 0 Å². The summed E-state index contributed by atoms with van der Waals surface area (Å²) < 4.78 is 50.8. The smallest absolute Gasteiger partial charge is 0.469 e.